The van der Waals surface area contributed by atoms with Crippen LogP contribution < -0.4 is 0 Å². The number of carbonyl (C=O) groups excluding carboxylic acids is 3. The van der Waals surface area contributed by atoms with Crippen molar-refractivity contribution in [3.8, 4) is 11.1 Å². The van der Waals surface area contributed by atoms with Crippen LogP contribution in [0.2, 0.25) is 0 Å². The fourth-order valence-corrected chi connectivity index (χ4v) is 3.48. The van der Waals surface area contributed by atoms with E-state index in [0.29, 0.717) is 11.1 Å². The van der Waals surface area contributed by atoms with E-state index in [0.717, 1.165) is 5.56 Å². The van der Waals surface area contributed by atoms with Gasteiger partial charge in [-0.05, 0) is 62.6 Å². The van der Waals surface area contributed by atoms with Crippen molar-refractivity contribution in [2.75, 3.05) is 14.2 Å². The van der Waals surface area contributed by atoms with Gasteiger partial charge in [0.15, 0.2) is 0 Å². The molecule has 1 aliphatic rings. The van der Waals surface area contributed by atoms with Gasteiger partial charge < -0.3 is 14.2 Å². The third-order valence-corrected chi connectivity index (χ3v) is 4.89. The first-order chi connectivity index (χ1) is 15.1. The zero-order valence-electron chi connectivity index (χ0n) is 18.9. The van der Waals surface area contributed by atoms with Crippen LogP contribution in [0.25, 0.3) is 16.7 Å². The number of ether oxygens (including phenoxy) is 3. The number of aromatic nitrogens is 1. The van der Waals surface area contributed by atoms with Gasteiger partial charge in [0.2, 0.25) is 23.1 Å². The molecule has 2 aromatic rings. The van der Waals surface area contributed by atoms with E-state index in [4.69, 9.17) is 14.2 Å². The molecule has 1 aliphatic carbocycles. The Balaban J connectivity index is 2.20. The Morgan fingerprint density at radius 1 is 0.875 bits per heavy atom. The van der Waals surface area contributed by atoms with E-state index in [9.17, 15) is 14.4 Å². The fraction of sp³-hybridized carbons (Fsp3) is 0.280. The fourth-order valence-electron chi connectivity index (χ4n) is 3.48. The van der Waals surface area contributed by atoms with Crippen LogP contribution in [0.1, 0.15) is 43.6 Å². The largest absolute Gasteiger partial charge is 0.489 e. The van der Waals surface area contributed by atoms with Gasteiger partial charge in [0.25, 0.3) is 0 Å². The molecule has 0 atom stereocenters. The molecule has 7 heteroatoms. The second-order valence-corrected chi connectivity index (χ2v) is 8.22. The molecule has 0 fully saturated rings. The number of allylic oxidation sites excluding steroid dienone is 2. The summed E-state index contributed by atoms with van der Waals surface area (Å²) in [6.07, 6.45) is 3.25. The van der Waals surface area contributed by atoms with E-state index in [1.54, 1.807) is 70.4 Å². The van der Waals surface area contributed by atoms with E-state index in [1.807, 2.05) is 0 Å². The number of nitrogens with zero attached hydrogens (tertiary/aromatic N) is 1. The monoisotopic (exact) mass is 435 g/mol. The third-order valence-electron chi connectivity index (χ3n) is 4.89. The van der Waals surface area contributed by atoms with E-state index in [2.05, 4.69) is 4.98 Å². The van der Waals surface area contributed by atoms with Crippen LogP contribution in [0.3, 0.4) is 0 Å². The molecule has 166 valence electrons. The highest BCUT2D eigenvalue weighted by molar-refractivity contribution is 6.38. The zero-order chi connectivity index (χ0) is 23.6. The molecule has 0 spiro atoms. The van der Waals surface area contributed by atoms with Gasteiger partial charge in [0.1, 0.15) is 5.60 Å². The number of rotatable bonds is 5. The van der Waals surface area contributed by atoms with Gasteiger partial charge in [0, 0.05) is 23.5 Å². The molecule has 32 heavy (non-hydrogen) atoms. The summed E-state index contributed by atoms with van der Waals surface area (Å²) in [6, 6.07) is 8.54. The molecule has 0 saturated heterocycles. The third kappa shape index (κ3) is 4.32. The molecular weight excluding hydrogens is 410 g/mol. The lowest BCUT2D eigenvalue weighted by Crippen LogP contribution is -2.25. The predicted molar refractivity (Wildman–Crippen MR) is 118 cm³/mol. The molecule has 3 rings (SSSR count). The minimum Gasteiger partial charge on any atom is -0.489 e. The molecule has 0 N–H and O–H groups in total. The first-order valence-corrected chi connectivity index (χ1v) is 9.99. The number of Topliss-reactive ketones (excluding diaryl/α,β-unsaturated/α-hetero) is 2. The molecule has 0 aliphatic heterocycles. The van der Waals surface area contributed by atoms with Crippen molar-refractivity contribution >= 4 is 23.1 Å². The topological polar surface area (TPSA) is 91.8 Å². The van der Waals surface area contributed by atoms with Crippen molar-refractivity contribution in [3.63, 3.8) is 0 Å². The first-order valence-electron chi connectivity index (χ1n) is 9.99. The van der Waals surface area contributed by atoms with E-state index < -0.39 is 23.1 Å². The van der Waals surface area contributed by atoms with Gasteiger partial charge in [-0.2, -0.15) is 0 Å². The molecule has 1 aromatic heterocycles. The standard InChI is InChI=1S/C25H25NO6/c1-14-19(21(28)23(31-6)22(30-5)20(14)27)16-7-8-17(15-9-11-26-12-10-15)18(13-16)24(29)32-25(2,3)4/h7-13H,1-6H3. The highest BCUT2D eigenvalue weighted by Crippen LogP contribution is 2.35. The summed E-state index contributed by atoms with van der Waals surface area (Å²) in [6.45, 7) is 6.88. The SMILES string of the molecule is COC1=C(OC)C(=O)C(c2ccc(-c3ccncc3)c(C(=O)OC(C)(C)C)c2)=C(C)C1=O. The number of hydrogen-bond acceptors (Lipinski definition) is 7. The molecule has 1 heterocycles. The maximum atomic E-state index is 13.1. The smallest absolute Gasteiger partial charge is 0.339 e. The summed E-state index contributed by atoms with van der Waals surface area (Å²) in [4.78, 5) is 43.0. The van der Waals surface area contributed by atoms with Crippen LogP contribution in [0.4, 0.5) is 0 Å². The maximum absolute atomic E-state index is 13.1. The van der Waals surface area contributed by atoms with Crippen LogP contribution in [0.15, 0.2) is 59.8 Å². The lowest BCUT2D eigenvalue weighted by Gasteiger charge is -2.23. The molecule has 0 unspecified atom stereocenters. The Labute approximate surface area is 186 Å². The highest BCUT2D eigenvalue weighted by atomic mass is 16.6. The Kier molecular flexibility index (Phi) is 6.30. The number of esters is 1. The van der Waals surface area contributed by atoms with Gasteiger partial charge in [-0.3, -0.25) is 14.6 Å². The average molecular weight is 435 g/mol. The number of methoxy groups -OCH3 is 2. The van der Waals surface area contributed by atoms with Crippen molar-refractivity contribution < 1.29 is 28.6 Å². The summed E-state index contributed by atoms with van der Waals surface area (Å²) in [5, 5.41) is 0. The second kappa shape index (κ2) is 8.78. The van der Waals surface area contributed by atoms with E-state index in [-0.39, 0.29) is 28.2 Å². The van der Waals surface area contributed by atoms with Crippen LogP contribution in [0, 0.1) is 0 Å². The summed E-state index contributed by atoms with van der Waals surface area (Å²) < 4.78 is 15.9. The molecular formula is C25H25NO6. The predicted octanol–water partition coefficient (Wildman–Crippen LogP) is 4.13. The molecule has 0 radical (unpaired) electrons. The Morgan fingerprint density at radius 3 is 2.03 bits per heavy atom. The number of ketones is 2. The van der Waals surface area contributed by atoms with Crippen molar-refractivity contribution in [3.05, 3.63) is 70.9 Å². The van der Waals surface area contributed by atoms with Gasteiger partial charge in [-0.25, -0.2) is 4.79 Å². The van der Waals surface area contributed by atoms with Crippen molar-refractivity contribution in [1.82, 2.24) is 4.98 Å². The quantitative estimate of drug-likeness (QED) is 0.515. The number of hydrogen-bond donors (Lipinski definition) is 0. The zero-order valence-corrected chi connectivity index (χ0v) is 18.9. The molecule has 7 nitrogen and oxygen atoms in total. The minimum absolute atomic E-state index is 0.139. The lowest BCUT2D eigenvalue weighted by atomic mass is 9.86. The Bertz CT molecular complexity index is 1150. The number of benzene rings is 1. The van der Waals surface area contributed by atoms with Crippen molar-refractivity contribution in [1.29, 1.82) is 0 Å². The minimum atomic E-state index is -0.715. The molecule has 0 saturated carbocycles. The normalized spacial score (nSPS) is 14.6. The van der Waals surface area contributed by atoms with Crippen molar-refractivity contribution in [2.45, 2.75) is 33.3 Å². The summed E-state index contributed by atoms with van der Waals surface area (Å²) in [7, 11) is 2.61. The Hall–Kier alpha value is -3.74. The van der Waals surface area contributed by atoms with Gasteiger partial charge >= 0.3 is 5.97 Å². The molecule has 0 amide bonds. The highest BCUT2D eigenvalue weighted by Gasteiger charge is 2.36. The lowest BCUT2D eigenvalue weighted by molar-refractivity contribution is -0.119. The summed E-state index contributed by atoms with van der Waals surface area (Å²) in [5.41, 5.74) is 1.71. The van der Waals surface area contributed by atoms with Crippen molar-refractivity contribution in [2.24, 2.45) is 0 Å². The van der Waals surface area contributed by atoms with Crippen LogP contribution in [-0.4, -0.2) is 42.3 Å². The number of carbonyl (C=O) groups is 3. The maximum Gasteiger partial charge on any atom is 0.339 e. The van der Waals surface area contributed by atoms with Crippen LogP contribution in [0.5, 0.6) is 0 Å². The number of pyridine rings is 1. The average Bonchev–Trinajstić information content (AvgIpc) is 2.75. The summed E-state index contributed by atoms with van der Waals surface area (Å²) in [5.74, 6) is -1.79. The van der Waals surface area contributed by atoms with Crippen LogP contribution >= 0.6 is 0 Å². The van der Waals surface area contributed by atoms with E-state index in [1.165, 1.54) is 14.2 Å². The Morgan fingerprint density at radius 2 is 1.47 bits per heavy atom. The van der Waals surface area contributed by atoms with Crippen LogP contribution in [-0.2, 0) is 23.8 Å². The second-order valence-electron chi connectivity index (χ2n) is 8.22. The van der Waals surface area contributed by atoms with E-state index >= 15 is 0 Å². The summed E-state index contributed by atoms with van der Waals surface area (Å²) >= 11 is 0. The molecule has 1 aromatic carbocycles. The van der Waals surface area contributed by atoms with Gasteiger partial charge in [0.05, 0.1) is 19.8 Å². The molecule has 0 bridgehead atoms. The first kappa shape index (κ1) is 22.9. The van der Waals surface area contributed by atoms with Gasteiger partial charge in [-0.1, -0.05) is 12.1 Å². The van der Waals surface area contributed by atoms with Gasteiger partial charge in [-0.15, -0.1) is 0 Å².